The molecule has 1 fully saturated rings. The normalized spacial score (nSPS) is 16.7. The Morgan fingerprint density at radius 3 is 2.70 bits per heavy atom. The van der Waals surface area contributed by atoms with Gasteiger partial charge in [-0.2, -0.15) is 5.10 Å². The SMILES string of the molecule is CCC1(C)CCN(c2cnc3c(-c4cc(C)cc(OC)c4)[nH]nc3n2)CC1. The van der Waals surface area contributed by atoms with Gasteiger partial charge in [-0.25, -0.2) is 9.97 Å². The first-order chi connectivity index (χ1) is 13.0. The van der Waals surface area contributed by atoms with Crippen LogP contribution in [0.25, 0.3) is 22.4 Å². The molecule has 1 aliphatic heterocycles. The minimum atomic E-state index is 0.456. The summed E-state index contributed by atoms with van der Waals surface area (Å²) in [6.45, 7) is 8.77. The molecule has 3 aromatic rings. The van der Waals surface area contributed by atoms with Gasteiger partial charge in [-0.1, -0.05) is 20.3 Å². The highest BCUT2D eigenvalue weighted by Crippen LogP contribution is 2.35. The Bertz CT molecular complexity index is 956. The molecule has 0 unspecified atom stereocenters. The van der Waals surface area contributed by atoms with Crippen LogP contribution < -0.4 is 9.64 Å². The summed E-state index contributed by atoms with van der Waals surface area (Å²) >= 11 is 0. The summed E-state index contributed by atoms with van der Waals surface area (Å²) in [6, 6.07) is 6.10. The van der Waals surface area contributed by atoms with E-state index in [0.717, 1.165) is 47.0 Å². The molecule has 0 saturated carbocycles. The second kappa shape index (κ2) is 6.83. The molecular formula is C21H27N5O. The van der Waals surface area contributed by atoms with E-state index in [2.05, 4.69) is 41.9 Å². The molecule has 0 radical (unpaired) electrons. The van der Waals surface area contributed by atoms with E-state index in [1.807, 2.05) is 18.3 Å². The number of piperidine rings is 1. The molecule has 0 spiro atoms. The monoisotopic (exact) mass is 365 g/mol. The van der Waals surface area contributed by atoms with Crippen LogP contribution in [-0.4, -0.2) is 40.4 Å². The van der Waals surface area contributed by atoms with Crippen LogP contribution in [0.2, 0.25) is 0 Å². The van der Waals surface area contributed by atoms with Crippen molar-refractivity contribution in [1.82, 2.24) is 20.2 Å². The molecule has 4 rings (SSSR count). The zero-order valence-electron chi connectivity index (χ0n) is 16.5. The molecule has 6 heteroatoms. The fraction of sp³-hybridized carbons (Fsp3) is 0.476. The van der Waals surface area contributed by atoms with E-state index in [0.29, 0.717) is 11.1 Å². The van der Waals surface area contributed by atoms with Crippen molar-refractivity contribution >= 4 is 17.0 Å². The van der Waals surface area contributed by atoms with E-state index in [-0.39, 0.29) is 0 Å². The average molecular weight is 365 g/mol. The van der Waals surface area contributed by atoms with Gasteiger partial charge in [0.2, 0.25) is 5.65 Å². The van der Waals surface area contributed by atoms with Crippen LogP contribution in [0.5, 0.6) is 5.75 Å². The minimum absolute atomic E-state index is 0.456. The Hall–Kier alpha value is -2.63. The number of anilines is 1. The number of aromatic amines is 1. The highest BCUT2D eigenvalue weighted by molar-refractivity contribution is 5.88. The van der Waals surface area contributed by atoms with Crippen molar-refractivity contribution in [1.29, 1.82) is 0 Å². The fourth-order valence-corrected chi connectivity index (χ4v) is 3.78. The zero-order chi connectivity index (χ0) is 19.0. The van der Waals surface area contributed by atoms with Crippen molar-refractivity contribution in [2.45, 2.75) is 40.0 Å². The van der Waals surface area contributed by atoms with Gasteiger partial charge >= 0.3 is 0 Å². The molecule has 1 aromatic carbocycles. The molecule has 1 N–H and O–H groups in total. The highest BCUT2D eigenvalue weighted by atomic mass is 16.5. The Morgan fingerprint density at radius 2 is 2.00 bits per heavy atom. The Labute approximate surface area is 160 Å². The summed E-state index contributed by atoms with van der Waals surface area (Å²) in [6.07, 6.45) is 5.49. The Kier molecular flexibility index (Phi) is 4.50. The average Bonchev–Trinajstić information content (AvgIpc) is 3.11. The fourth-order valence-electron chi connectivity index (χ4n) is 3.78. The molecule has 0 amide bonds. The van der Waals surface area contributed by atoms with Crippen molar-refractivity contribution in [2.24, 2.45) is 5.41 Å². The lowest BCUT2D eigenvalue weighted by atomic mass is 9.78. The standard InChI is InChI=1S/C21H27N5O/c1-5-21(3)6-8-26(9-7-21)17-13-22-19-18(24-25-20(19)23-17)15-10-14(2)11-16(12-15)27-4/h10-13H,5-9H2,1-4H3,(H,23,24,25). The van der Waals surface area contributed by atoms with E-state index in [1.165, 1.54) is 19.3 Å². The lowest BCUT2D eigenvalue weighted by molar-refractivity contribution is 0.238. The van der Waals surface area contributed by atoms with Crippen LogP contribution in [0.3, 0.4) is 0 Å². The number of nitrogens with one attached hydrogen (secondary N) is 1. The van der Waals surface area contributed by atoms with Crippen LogP contribution in [-0.2, 0) is 0 Å². The van der Waals surface area contributed by atoms with Gasteiger partial charge in [0.25, 0.3) is 0 Å². The minimum Gasteiger partial charge on any atom is -0.497 e. The van der Waals surface area contributed by atoms with E-state index in [1.54, 1.807) is 7.11 Å². The highest BCUT2D eigenvalue weighted by Gasteiger charge is 2.29. The molecule has 0 atom stereocenters. The lowest BCUT2D eigenvalue weighted by Crippen LogP contribution is -2.38. The number of benzene rings is 1. The summed E-state index contributed by atoms with van der Waals surface area (Å²) in [5.41, 5.74) is 4.92. The predicted octanol–water partition coefficient (Wildman–Crippen LogP) is 4.35. The molecule has 2 aromatic heterocycles. The number of hydrogen-bond acceptors (Lipinski definition) is 5. The molecule has 1 saturated heterocycles. The van der Waals surface area contributed by atoms with Gasteiger partial charge in [0.05, 0.1) is 19.0 Å². The van der Waals surface area contributed by atoms with Gasteiger partial charge in [0, 0.05) is 18.7 Å². The van der Waals surface area contributed by atoms with Gasteiger partial charge in [0.1, 0.15) is 17.1 Å². The number of aromatic nitrogens is 4. The van der Waals surface area contributed by atoms with Gasteiger partial charge in [-0.15, -0.1) is 0 Å². The molecule has 3 heterocycles. The van der Waals surface area contributed by atoms with Crippen LogP contribution >= 0.6 is 0 Å². The first-order valence-electron chi connectivity index (χ1n) is 9.63. The second-order valence-electron chi connectivity index (χ2n) is 7.89. The first-order valence-corrected chi connectivity index (χ1v) is 9.63. The molecule has 6 nitrogen and oxygen atoms in total. The molecular weight excluding hydrogens is 338 g/mol. The summed E-state index contributed by atoms with van der Waals surface area (Å²) in [7, 11) is 1.68. The third-order valence-electron chi connectivity index (χ3n) is 5.98. The predicted molar refractivity (Wildman–Crippen MR) is 108 cm³/mol. The van der Waals surface area contributed by atoms with Crippen LogP contribution in [0.15, 0.2) is 24.4 Å². The zero-order valence-corrected chi connectivity index (χ0v) is 16.5. The van der Waals surface area contributed by atoms with E-state index < -0.39 is 0 Å². The summed E-state index contributed by atoms with van der Waals surface area (Å²) in [5, 5.41) is 7.53. The maximum absolute atomic E-state index is 5.39. The van der Waals surface area contributed by atoms with Gasteiger partial charge in [-0.3, -0.25) is 5.10 Å². The topological polar surface area (TPSA) is 66.9 Å². The van der Waals surface area contributed by atoms with Crippen molar-refractivity contribution in [3.8, 4) is 17.0 Å². The molecule has 27 heavy (non-hydrogen) atoms. The quantitative estimate of drug-likeness (QED) is 0.744. The first kappa shape index (κ1) is 17.8. The summed E-state index contributed by atoms with van der Waals surface area (Å²) in [5.74, 6) is 1.74. The number of methoxy groups -OCH3 is 1. The second-order valence-corrected chi connectivity index (χ2v) is 7.89. The van der Waals surface area contributed by atoms with Crippen LogP contribution in [0.4, 0.5) is 5.82 Å². The third-order valence-corrected chi connectivity index (χ3v) is 5.98. The molecule has 0 aliphatic carbocycles. The van der Waals surface area contributed by atoms with E-state index >= 15 is 0 Å². The van der Waals surface area contributed by atoms with Crippen molar-refractivity contribution in [3.05, 3.63) is 30.0 Å². The van der Waals surface area contributed by atoms with Crippen LogP contribution in [0, 0.1) is 12.3 Å². The molecule has 1 aliphatic rings. The molecule has 0 bridgehead atoms. The Balaban J connectivity index is 1.64. The third kappa shape index (κ3) is 3.36. The number of H-pyrrole nitrogens is 1. The number of nitrogens with zero attached hydrogens (tertiary/aromatic N) is 4. The number of ether oxygens (including phenoxy) is 1. The van der Waals surface area contributed by atoms with E-state index in [9.17, 15) is 0 Å². The maximum Gasteiger partial charge on any atom is 0.202 e. The molecule has 142 valence electrons. The van der Waals surface area contributed by atoms with E-state index in [4.69, 9.17) is 14.7 Å². The van der Waals surface area contributed by atoms with Crippen molar-refractivity contribution < 1.29 is 4.74 Å². The number of rotatable bonds is 4. The largest absolute Gasteiger partial charge is 0.497 e. The van der Waals surface area contributed by atoms with Gasteiger partial charge in [0.15, 0.2) is 0 Å². The maximum atomic E-state index is 5.39. The number of hydrogen-bond donors (Lipinski definition) is 1. The van der Waals surface area contributed by atoms with Gasteiger partial charge in [-0.05, 0) is 48.9 Å². The lowest BCUT2D eigenvalue weighted by Gasteiger charge is -2.39. The van der Waals surface area contributed by atoms with Crippen molar-refractivity contribution in [3.63, 3.8) is 0 Å². The Morgan fingerprint density at radius 1 is 1.22 bits per heavy atom. The van der Waals surface area contributed by atoms with Crippen molar-refractivity contribution in [2.75, 3.05) is 25.1 Å². The smallest absolute Gasteiger partial charge is 0.202 e. The number of aryl methyl sites for hydroxylation is 1. The summed E-state index contributed by atoms with van der Waals surface area (Å²) in [4.78, 5) is 11.8. The van der Waals surface area contributed by atoms with Crippen LogP contribution in [0.1, 0.15) is 38.7 Å². The van der Waals surface area contributed by atoms with Gasteiger partial charge < -0.3 is 9.64 Å². The number of fused-ring (bicyclic) bond motifs is 1. The summed E-state index contributed by atoms with van der Waals surface area (Å²) < 4.78 is 5.39.